The van der Waals surface area contributed by atoms with Gasteiger partial charge in [0.1, 0.15) is 0 Å². The highest BCUT2D eigenvalue weighted by Crippen LogP contribution is 2.51. The van der Waals surface area contributed by atoms with E-state index in [0.717, 1.165) is 4.47 Å². The van der Waals surface area contributed by atoms with E-state index in [1.807, 2.05) is 0 Å². The summed E-state index contributed by atoms with van der Waals surface area (Å²) in [4.78, 5) is 0. The van der Waals surface area contributed by atoms with Crippen molar-refractivity contribution in [3.8, 4) is 5.69 Å². The average Bonchev–Trinajstić information content (AvgIpc) is 3.20. The fourth-order valence-corrected chi connectivity index (χ4v) is 7.08. The number of nitrogens with zero attached hydrogens (tertiary/aromatic N) is 1. The van der Waals surface area contributed by atoms with E-state index in [0.29, 0.717) is 0 Å². The molecular formula is C34H30BrN. The Morgan fingerprint density at radius 3 is 2.28 bits per heavy atom. The Morgan fingerprint density at radius 2 is 1.42 bits per heavy atom. The maximum atomic E-state index is 3.68. The van der Waals surface area contributed by atoms with Crippen molar-refractivity contribution in [1.29, 1.82) is 0 Å². The van der Waals surface area contributed by atoms with E-state index < -0.39 is 0 Å². The Hall–Kier alpha value is -3.10. The van der Waals surface area contributed by atoms with Crippen LogP contribution in [0.2, 0.25) is 0 Å². The third kappa shape index (κ3) is 3.00. The van der Waals surface area contributed by atoms with Gasteiger partial charge in [-0.1, -0.05) is 104 Å². The topological polar surface area (TPSA) is 4.93 Å². The maximum absolute atomic E-state index is 3.68. The van der Waals surface area contributed by atoms with Crippen LogP contribution >= 0.6 is 15.9 Å². The standard InChI is InChI=1S/C34H30BrN/c1-33(2)18-19-34(3,4)31-27(33)16-17-29-30(31)26-14-12-21-8-5-6-10-25(21)32(26)36(29)28-11-7-9-22-20-23(35)13-15-24(22)28/h5-17,20H,18-19H2,1-4H3. The van der Waals surface area contributed by atoms with Crippen LogP contribution in [0.15, 0.2) is 89.4 Å². The van der Waals surface area contributed by atoms with Crippen LogP contribution in [0, 0.1) is 0 Å². The van der Waals surface area contributed by atoms with E-state index in [2.05, 4.69) is 133 Å². The number of fused-ring (bicyclic) bond motifs is 8. The van der Waals surface area contributed by atoms with Crippen molar-refractivity contribution in [3.05, 3.63) is 101 Å². The van der Waals surface area contributed by atoms with Crippen LogP contribution in [0.25, 0.3) is 49.0 Å². The summed E-state index contributed by atoms with van der Waals surface area (Å²) in [7, 11) is 0. The third-order valence-electron chi connectivity index (χ3n) is 8.66. The lowest BCUT2D eigenvalue weighted by molar-refractivity contribution is 0.334. The van der Waals surface area contributed by atoms with Gasteiger partial charge in [0, 0.05) is 26.0 Å². The van der Waals surface area contributed by atoms with E-state index in [-0.39, 0.29) is 10.8 Å². The lowest BCUT2D eigenvalue weighted by atomic mass is 9.62. The summed E-state index contributed by atoms with van der Waals surface area (Å²) in [5.74, 6) is 0. The number of hydrogen-bond acceptors (Lipinski definition) is 0. The Bertz CT molecular complexity index is 1850. The third-order valence-corrected chi connectivity index (χ3v) is 9.15. The molecule has 1 aliphatic rings. The van der Waals surface area contributed by atoms with Gasteiger partial charge in [0.2, 0.25) is 0 Å². The van der Waals surface area contributed by atoms with Crippen LogP contribution in [0.4, 0.5) is 0 Å². The van der Waals surface area contributed by atoms with E-state index in [4.69, 9.17) is 0 Å². The highest BCUT2D eigenvalue weighted by molar-refractivity contribution is 9.10. The van der Waals surface area contributed by atoms with E-state index >= 15 is 0 Å². The van der Waals surface area contributed by atoms with Gasteiger partial charge < -0.3 is 4.57 Å². The van der Waals surface area contributed by atoms with Gasteiger partial charge in [-0.25, -0.2) is 0 Å². The minimum absolute atomic E-state index is 0.124. The molecule has 1 aromatic heterocycles. The lowest BCUT2D eigenvalue weighted by Crippen LogP contribution is -2.34. The number of halogens is 1. The number of hydrogen-bond donors (Lipinski definition) is 0. The molecule has 0 N–H and O–H groups in total. The van der Waals surface area contributed by atoms with Crippen molar-refractivity contribution >= 4 is 59.3 Å². The minimum Gasteiger partial charge on any atom is -0.308 e. The molecule has 1 heterocycles. The maximum Gasteiger partial charge on any atom is 0.0619 e. The monoisotopic (exact) mass is 531 g/mol. The van der Waals surface area contributed by atoms with Gasteiger partial charge in [-0.2, -0.15) is 0 Å². The quantitative estimate of drug-likeness (QED) is 0.199. The Morgan fingerprint density at radius 1 is 0.667 bits per heavy atom. The van der Waals surface area contributed by atoms with Gasteiger partial charge in [-0.15, -0.1) is 0 Å². The van der Waals surface area contributed by atoms with Crippen LogP contribution in [0.5, 0.6) is 0 Å². The second-order valence-electron chi connectivity index (χ2n) is 11.8. The SMILES string of the molecule is CC1(C)CCC(C)(C)c2c1ccc1c2c2ccc3ccccc3c2n1-c1cccc2cc(Br)ccc12. The van der Waals surface area contributed by atoms with Crippen molar-refractivity contribution < 1.29 is 0 Å². The fourth-order valence-electron chi connectivity index (χ4n) is 6.70. The molecule has 0 bridgehead atoms. The van der Waals surface area contributed by atoms with Gasteiger partial charge in [0.05, 0.1) is 16.7 Å². The molecule has 36 heavy (non-hydrogen) atoms. The molecule has 0 unspecified atom stereocenters. The van der Waals surface area contributed by atoms with Crippen LogP contribution in [0.1, 0.15) is 51.7 Å². The molecular weight excluding hydrogens is 502 g/mol. The first-order valence-corrected chi connectivity index (χ1v) is 13.7. The molecule has 0 fully saturated rings. The second-order valence-corrected chi connectivity index (χ2v) is 12.7. The molecule has 0 saturated heterocycles. The zero-order valence-corrected chi connectivity index (χ0v) is 22.9. The summed E-state index contributed by atoms with van der Waals surface area (Å²) in [6.45, 7) is 9.73. The highest BCUT2D eigenvalue weighted by Gasteiger charge is 2.39. The summed E-state index contributed by atoms with van der Waals surface area (Å²) >= 11 is 3.68. The summed E-state index contributed by atoms with van der Waals surface area (Å²) in [5.41, 5.74) is 7.21. The van der Waals surface area contributed by atoms with Crippen molar-refractivity contribution in [3.63, 3.8) is 0 Å². The summed E-state index contributed by atoms with van der Waals surface area (Å²) < 4.78 is 3.65. The lowest BCUT2D eigenvalue weighted by Gasteiger charge is -2.42. The Balaban J connectivity index is 1.75. The summed E-state index contributed by atoms with van der Waals surface area (Å²) in [6, 6.07) is 31.7. The fraction of sp³-hybridized carbons (Fsp3) is 0.235. The second kappa shape index (κ2) is 7.46. The van der Waals surface area contributed by atoms with E-state index in [1.165, 1.54) is 67.4 Å². The average molecular weight is 533 g/mol. The molecule has 1 nitrogen and oxygen atoms in total. The van der Waals surface area contributed by atoms with Crippen LogP contribution in [-0.4, -0.2) is 4.57 Å². The first-order valence-electron chi connectivity index (χ1n) is 12.9. The zero-order chi connectivity index (χ0) is 24.8. The first-order chi connectivity index (χ1) is 17.3. The Labute approximate surface area is 220 Å². The van der Waals surface area contributed by atoms with E-state index in [1.54, 1.807) is 5.56 Å². The molecule has 0 amide bonds. The largest absolute Gasteiger partial charge is 0.308 e. The molecule has 1 aliphatic carbocycles. The number of rotatable bonds is 1. The molecule has 0 saturated carbocycles. The predicted molar refractivity (Wildman–Crippen MR) is 159 cm³/mol. The molecule has 0 aliphatic heterocycles. The van der Waals surface area contributed by atoms with Crippen molar-refractivity contribution in [2.75, 3.05) is 0 Å². The molecule has 2 heteroatoms. The van der Waals surface area contributed by atoms with Gasteiger partial charge in [0.15, 0.2) is 0 Å². The highest BCUT2D eigenvalue weighted by atomic mass is 79.9. The van der Waals surface area contributed by atoms with Crippen LogP contribution < -0.4 is 0 Å². The van der Waals surface area contributed by atoms with Gasteiger partial charge in [-0.05, 0) is 69.8 Å². The number of benzene rings is 5. The minimum atomic E-state index is 0.124. The molecule has 178 valence electrons. The summed E-state index contributed by atoms with van der Waals surface area (Å²) in [5, 5.41) is 7.90. The van der Waals surface area contributed by atoms with Crippen LogP contribution in [-0.2, 0) is 10.8 Å². The van der Waals surface area contributed by atoms with Crippen molar-refractivity contribution in [2.45, 2.75) is 51.4 Å². The first kappa shape index (κ1) is 22.1. The molecule has 0 atom stereocenters. The van der Waals surface area contributed by atoms with Gasteiger partial charge >= 0.3 is 0 Å². The zero-order valence-electron chi connectivity index (χ0n) is 21.3. The van der Waals surface area contributed by atoms with Gasteiger partial charge in [-0.3, -0.25) is 0 Å². The smallest absolute Gasteiger partial charge is 0.0619 e. The Kier molecular flexibility index (Phi) is 4.58. The predicted octanol–water partition coefficient (Wildman–Crippen LogP) is 10.2. The molecule has 5 aromatic carbocycles. The molecule has 0 spiro atoms. The van der Waals surface area contributed by atoms with Crippen LogP contribution in [0.3, 0.4) is 0 Å². The molecule has 7 rings (SSSR count). The van der Waals surface area contributed by atoms with Gasteiger partial charge in [0.25, 0.3) is 0 Å². The normalized spacial score (nSPS) is 16.7. The van der Waals surface area contributed by atoms with Crippen molar-refractivity contribution in [1.82, 2.24) is 4.57 Å². The van der Waals surface area contributed by atoms with Crippen molar-refractivity contribution in [2.24, 2.45) is 0 Å². The van der Waals surface area contributed by atoms with E-state index in [9.17, 15) is 0 Å². The molecule has 0 radical (unpaired) electrons. The molecule has 6 aromatic rings. The number of aromatic nitrogens is 1. The summed E-state index contributed by atoms with van der Waals surface area (Å²) in [6.07, 6.45) is 2.42.